The molecule has 0 aliphatic heterocycles. The largest absolute Gasteiger partial charge is 0.308 e. The fourth-order valence-corrected chi connectivity index (χ4v) is 12.4. The average Bonchev–Trinajstić information content (AvgIpc) is 2.18. The fourth-order valence-electron chi connectivity index (χ4n) is 11.2. The van der Waals surface area contributed by atoms with Crippen molar-refractivity contribution >= 4 is 80.0 Å². The van der Waals surface area contributed by atoms with Crippen molar-refractivity contribution < 1.29 is 0 Å². The van der Waals surface area contributed by atoms with Crippen LogP contribution in [0.1, 0.15) is 44.5 Å². The minimum Gasteiger partial charge on any atom is -0.308 e. The average molecular weight is 1120 g/mol. The van der Waals surface area contributed by atoms with Crippen molar-refractivity contribution in [1.82, 2.24) is 0 Å². The highest BCUT2D eigenvalue weighted by molar-refractivity contribution is 7.99. The Balaban J connectivity index is 1.22. The first-order chi connectivity index (χ1) is 41.4. The van der Waals surface area contributed by atoms with E-state index in [0.29, 0.717) is 0 Å². The van der Waals surface area contributed by atoms with Gasteiger partial charge in [-0.05, 0) is 188 Å². The van der Waals surface area contributed by atoms with E-state index in [-0.39, 0.29) is 0 Å². The first-order valence-corrected chi connectivity index (χ1v) is 30.1. The lowest BCUT2D eigenvalue weighted by Gasteiger charge is -2.36. The Morgan fingerprint density at radius 1 is 0.200 bits per heavy atom. The van der Waals surface area contributed by atoms with Crippen LogP contribution < -0.4 is 19.6 Å². The van der Waals surface area contributed by atoms with E-state index in [9.17, 15) is 0 Å². The fraction of sp³-hybridized carbons (Fsp3) is 0.100. The van der Waals surface area contributed by atoms with Gasteiger partial charge in [-0.15, -0.1) is 0 Å². The number of nitrogens with zero attached hydrogens (tertiary/aromatic N) is 4. The molecular weight excluding hydrogens is 1050 g/mol. The molecule has 0 aliphatic rings. The zero-order valence-electron chi connectivity index (χ0n) is 49.8. The number of hydrogen-bond donors (Lipinski definition) is 0. The van der Waals surface area contributed by atoms with Crippen molar-refractivity contribution in [2.45, 2.75) is 65.2 Å². The normalized spacial score (nSPS) is 11.1. The molecule has 0 bridgehead atoms. The number of benzene rings is 12. The molecule has 0 unspecified atom stereocenters. The second kappa shape index (κ2) is 24.6. The van der Waals surface area contributed by atoms with Crippen molar-refractivity contribution in [3.8, 4) is 22.3 Å². The molecule has 4 nitrogen and oxygen atoms in total. The van der Waals surface area contributed by atoms with Crippen molar-refractivity contribution in [1.29, 1.82) is 0 Å². The van der Waals surface area contributed by atoms with Crippen LogP contribution in [0.4, 0.5) is 68.2 Å². The molecule has 0 N–H and O–H groups in total. The number of rotatable bonds is 16. The van der Waals surface area contributed by atoms with Crippen LogP contribution in [0.5, 0.6) is 0 Å². The van der Waals surface area contributed by atoms with E-state index >= 15 is 0 Å². The third-order valence-corrected chi connectivity index (χ3v) is 17.0. The second-order valence-electron chi connectivity index (χ2n) is 22.5. The van der Waals surface area contributed by atoms with Crippen LogP contribution in [0.3, 0.4) is 0 Å². The molecule has 0 atom stereocenters. The summed E-state index contributed by atoms with van der Waals surface area (Å²) >= 11 is 1.83. The van der Waals surface area contributed by atoms with Gasteiger partial charge in [-0.2, -0.15) is 0 Å². The van der Waals surface area contributed by atoms with E-state index in [0.717, 1.165) is 100 Å². The third-order valence-electron chi connectivity index (χ3n) is 15.8. The second-order valence-corrected chi connectivity index (χ2v) is 23.6. The van der Waals surface area contributed by atoms with Crippen LogP contribution in [0.25, 0.3) is 22.3 Å². The Morgan fingerprint density at radius 2 is 0.400 bits per heavy atom. The lowest BCUT2D eigenvalue weighted by atomic mass is 9.98. The maximum atomic E-state index is 2.49. The van der Waals surface area contributed by atoms with E-state index < -0.39 is 0 Å². The molecule has 0 heterocycles. The molecule has 12 rings (SSSR count). The van der Waals surface area contributed by atoms with Crippen LogP contribution in [-0.4, -0.2) is 0 Å². The maximum absolute atomic E-state index is 2.49. The summed E-state index contributed by atoms with van der Waals surface area (Å²) in [5.41, 5.74) is 26.6. The summed E-state index contributed by atoms with van der Waals surface area (Å²) in [6, 6.07) is 103. The lowest BCUT2D eigenvalue weighted by molar-refractivity contribution is 1.20. The van der Waals surface area contributed by atoms with Crippen molar-refractivity contribution in [3.05, 3.63) is 324 Å². The van der Waals surface area contributed by atoms with Crippen LogP contribution >= 0.6 is 11.8 Å². The molecule has 0 amide bonds. The monoisotopic (exact) mass is 1120 g/mol. The van der Waals surface area contributed by atoms with Gasteiger partial charge in [0.15, 0.2) is 0 Å². The lowest BCUT2D eigenvalue weighted by Crippen LogP contribution is -2.19. The molecule has 0 saturated carbocycles. The predicted octanol–water partition coefficient (Wildman–Crippen LogP) is 23.5. The van der Waals surface area contributed by atoms with Gasteiger partial charge in [-0.25, -0.2) is 0 Å². The number of anilines is 12. The van der Waals surface area contributed by atoms with E-state index in [1.54, 1.807) is 0 Å². The quantitative estimate of drug-likeness (QED) is 0.0953. The van der Waals surface area contributed by atoms with E-state index in [4.69, 9.17) is 0 Å². The van der Waals surface area contributed by atoms with Crippen molar-refractivity contribution in [2.24, 2.45) is 0 Å². The molecule has 0 radical (unpaired) electrons. The summed E-state index contributed by atoms with van der Waals surface area (Å²) in [6.45, 7) is 17.3. The molecule has 416 valence electrons. The first-order valence-electron chi connectivity index (χ1n) is 29.3. The Bertz CT molecular complexity index is 3760. The topological polar surface area (TPSA) is 13.0 Å². The highest BCUT2D eigenvalue weighted by atomic mass is 32.2. The van der Waals surface area contributed by atoms with E-state index in [2.05, 4.69) is 354 Å². The van der Waals surface area contributed by atoms with Gasteiger partial charge in [0, 0.05) is 66.4 Å². The number of aryl methyl sites for hydroxylation is 8. The highest BCUT2D eigenvalue weighted by Crippen LogP contribution is 2.58. The molecule has 0 aliphatic carbocycles. The van der Waals surface area contributed by atoms with Gasteiger partial charge in [0.1, 0.15) is 0 Å². The third kappa shape index (κ3) is 11.9. The van der Waals surface area contributed by atoms with Crippen LogP contribution in [-0.2, 0) is 0 Å². The Hall–Kier alpha value is -9.81. The molecule has 0 fully saturated rings. The zero-order chi connectivity index (χ0) is 58.6. The maximum Gasteiger partial charge on any atom is 0.0792 e. The summed E-state index contributed by atoms with van der Waals surface area (Å²) in [7, 11) is 0. The molecule has 0 saturated heterocycles. The van der Waals surface area contributed by atoms with Gasteiger partial charge in [0.2, 0.25) is 0 Å². The SMILES string of the molecule is Cc1ccc(N(c2ccc(C)cc2)c2ccc(Sc3ccc(N(c4ccc(C)cc4)c4ccc(C)cc4)c(N(c4ccc(C)cc4)c4ccc(C)cc4)c3-c3ccccc3)c(-c3ccccc3)c2N(c2ccc(C)cc2)c2ccc(C)cc2)cc1. The Morgan fingerprint density at radius 3 is 0.612 bits per heavy atom. The zero-order valence-corrected chi connectivity index (χ0v) is 50.6. The molecule has 5 heteroatoms. The van der Waals surface area contributed by atoms with Crippen molar-refractivity contribution in [3.63, 3.8) is 0 Å². The minimum absolute atomic E-state index is 1.04. The molecule has 85 heavy (non-hydrogen) atoms. The first kappa shape index (κ1) is 55.7. The van der Waals surface area contributed by atoms with Crippen molar-refractivity contribution in [2.75, 3.05) is 19.6 Å². The van der Waals surface area contributed by atoms with Gasteiger partial charge >= 0.3 is 0 Å². The van der Waals surface area contributed by atoms with E-state index in [1.165, 1.54) is 44.5 Å². The highest BCUT2D eigenvalue weighted by Gasteiger charge is 2.32. The summed E-state index contributed by atoms with van der Waals surface area (Å²) in [4.78, 5) is 12.1. The Labute approximate surface area is 507 Å². The van der Waals surface area contributed by atoms with Crippen LogP contribution in [0.2, 0.25) is 0 Å². The summed E-state index contributed by atoms with van der Waals surface area (Å²) in [5.74, 6) is 0. The van der Waals surface area contributed by atoms with E-state index in [1.807, 2.05) is 11.8 Å². The molecule has 12 aromatic carbocycles. The van der Waals surface area contributed by atoms with Gasteiger partial charge in [0.25, 0.3) is 0 Å². The summed E-state index contributed by atoms with van der Waals surface area (Å²) in [6.07, 6.45) is 0. The smallest absolute Gasteiger partial charge is 0.0792 e. The molecule has 12 aromatic rings. The van der Waals surface area contributed by atoms with Crippen LogP contribution in [0, 0.1) is 55.4 Å². The van der Waals surface area contributed by atoms with Gasteiger partial charge < -0.3 is 19.6 Å². The molecular formula is C80H70N4S. The summed E-state index contributed by atoms with van der Waals surface area (Å²) in [5, 5.41) is 0. The van der Waals surface area contributed by atoms with Gasteiger partial charge in [-0.1, -0.05) is 214 Å². The Kier molecular flexibility index (Phi) is 16.1. The molecule has 0 spiro atoms. The predicted molar refractivity (Wildman–Crippen MR) is 365 cm³/mol. The van der Waals surface area contributed by atoms with Crippen LogP contribution in [0.15, 0.2) is 289 Å². The van der Waals surface area contributed by atoms with Gasteiger partial charge in [-0.3, -0.25) is 0 Å². The number of hydrogen-bond acceptors (Lipinski definition) is 5. The standard InChI is InChI=1S/C80H70N4S/c1-55-19-35-65(36-20-55)81(66-37-21-56(2)22-38-66)73-51-53-75(77(63-15-11-9-12-16-63)79(73)83(69-43-27-59(5)28-44-69)70-45-29-60(6)30-46-70)85-76-54-52-74(82(67-39-23-57(3)24-40-67)68-41-25-58(4)26-42-68)80(78(76)64-17-13-10-14-18-64)84(71-47-31-61(7)32-48-71)72-49-33-62(8)34-50-72/h9-54H,1-8H3. The molecule has 0 aromatic heterocycles. The minimum atomic E-state index is 1.04. The summed E-state index contributed by atoms with van der Waals surface area (Å²) < 4.78 is 0. The van der Waals surface area contributed by atoms with Gasteiger partial charge in [0.05, 0.1) is 22.7 Å².